The Morgan fingerprint density at radius 1 is 1.22 bits per heavy atom. The lowest BCUT2D eigenvalue weighted by atomic mass is 10.2. The monoisotopic (exact) mass is 464 g/mol. The molecule has 0 bridgehead atoms. The van der Waals surface area contributed by atoms with Crippen LogP contribution in [0.3, 0.4) is 0 Å². The van der Waals surface area contributed by atoms with E-state index in [0.717, 1.165) is 10.0 Å². The zero-order valence-electron chi connectivity index (χ0n) is 13.9. The van der Waals surface area contributed by atoms with E-state index in [0.29, 0.717) is 15.9 Å². The van der Waals surface area contributed by atoms with Gasteiger partial charge in [0.15, 0.2) is 5.17 Å². The van der Waals surface area contributed by atoms with Crippen molar-refractivity contribution in [2.45, 2.75) is 11.7 Å². The van der Waals surface area contributed by atoms with Gasteiger partial charge in [-0.05, 0) is 42.0 Å². The maximum atomic E-state index is 12.1. The van der Waals surface area contributed by atoms with E-state index < -0.39 is 5.25 Å². The summed E-state index contributed by atoms with van der Waals surface area (Å²) in [6.07, 6.45) is 1.61. The number of rotatable bonds is 5. The van der Waals surface area contributed by atoms with E-state index in [1.165, 1.54) is 11.8 Å². The molecule has 138 valence electrons. The minimum absolute atomic E-state index is 0.0481. The quantitative estimate of drug-likeness (QED) is 0.516. The average molecular weight is 466 g/mol. The molecule has 0 unspecified atom stereocenters. The lowest BCUT2D eigenvalue weighted by Crippen LogP contribution is -2.28. The van der Waals surface area contributed by atoms with E-state index >= 15 is 0 Å². The fourth-order valence-electron chi connectivity index (χ4n) is 2.20. The number of hydrogen-bond acceptors (Lipinski definition) is 5. The maximum absolute atomic E-state index is 12.1. The molecule has 1 aliphatic heterocycles. The minimum atomic E-state index is -0.537. The molecule has 27 heavy (non-hydrogen) atoms. The summed E-state index contributed by atoms with van der Waals surface area (Å²) >= 11 is 10.3. The number of hydrogen-bond donors (Lipinski definition) is 2. The molecule has 0 aromatic heterocycles. The molecule has 1 atom stereocenters. The first kappa shape index (κ1) is 19.6. The van der Waals surface area contributed by atoms with Crippen LogP contribution < -0.4 is 10.6 Å². The second-order valence-corrected chi connectivity index (χ2v) is 8.10. The first-order valence-electron chi connectivity index (χ1n) is 7.89. The highest BCUT2D eigenvalue weighted by Crippen LogP contribution is 2.23. The normalized spacial score (nSPS) is 18.1. The van der Waals surface area contributed by atoms with Crippen molar-refractivity contribution in [2.24, 2.45) is 10.2 Å². The SMILES string of the molecule is O=C(C[C@H]1S/C(=N\N=C/c2ccc(Cl)cc2)NC1=O)Nc1ccc(Br)cc1. The van der Waals surface area contributed by atoms with E-state index in [4.69, 9.17) is 11.6 Å². The van der Waals surface area contributed by atoms with E-state index in [-0.39, 0.29) is 18.2 Å². The molecule has 1 fully saturated rings. The van der Waals surface area contributed by atoms with Gasteiger partial charge in [-0.1, -0.05) is 51.4 Å². The van der Waals surface area contributed by atoms with E-state index in [1.54, 1.807) is 30.5 Å². The van der Waals surface area contributed by atoms with Crippen molar-refractivity contribution in [3.8, 4) is 0 Å². The number of anilines is 1. The molecule has 0 radical (unpaired) electrons. The van der Waals surface area contributed by atoms with Crippen molar-refractivity contribution >= 4 is 68.2 Å². The molecule has 1 saturated heterocycles. The molecular weight excluding hydrogens is 452 g/mol. The molecule has 6 nitrogen and oxygen atoms in total. The molecule has 1 heterocycles. The number of nitrogens with one attached hydrogen (secondary N) is 2. The van der Waals surface area contributed by atoms with Gasteiger partial charge in [0.25, 0.3) is 0 Å². The molecule has 0 spiro atoms. The third-order valence-corrected chi connectivity index (χ3v) is 5.35. The molecule has 2 amide bonds. The summed E-state index contributed by atoms with van der Waals surface area (Å²) in [5.41, 5.74) is 1.51. The zero-order chi connectivity index (χ0) is 19.2. The Morgan fingerprint density at radius 2 is 1.93 bits per heavy atom. The van der Waals surface area contributed by atoms with Gasteiger partial charge in [-0.2, -0.15) is 5.10 Å². The van der Waals surface area contributed by atoms with Gasteiger partial charge in [0.05, 0.1) is 6.21 Å². The lowest BCUT2D eigenvalue weighted by Gasteiger charge is -2.07. The number of benzene rings is 2. The molecule has 9 heteroatoms. The van der Waals surface area contributed by atoms with Crippen LogP contribution in [0.25, 0.3) is 0 Å². The summed E-state index contributed by atoms with van der Waals surface area (Å²) in [7, 11) is 0. The van der Waals surface area contributed by atoms with Gasteiger partial charge in [0.1, 0.15) is 5.25 Å². The number of thioether (sulfide) groups is 1. The summed E-state index contributed by atoms with van der Waals surface area (Å²) in [4.78, 5) is 24.2. The zero-order valence-corrected chi connectivity index (χ0v) is 17.0. The molecule has 3 rings (SSSR count). The van der Waals surface area contributed by atoms with Gasteiger partial charge >= 0.3 is 0 Å². The molecule has 2 aromatic carbocycles. The van der Waals surface area contributed by atoms with Gasteiger partial charge in [-0.25, -0.2) is 0 Å². The first-order valence-corrected chi connectivity index (χ1v) is 9.94. The van der Waals surface area contributed by atoms with Crippen LogP contribution in [-0.2, 0) is 9.59 Å². The smallest absolute Gasteiger partial charge is 0.240 e. The molecule has 0 saturated carbocycles. The highest BCUT2D eigenvalue weighted by Gasteiger charge is 2.32. The topological polar surface area (TPSA) is 82.9 Å². The molecular formula is C18H14BrClN4O2S. The van der Waals surface area contributed by atoms with Gasteiger partial charge in [-0.3, -0.25) is 9.59 Å². The fourth-order valence-corrected chi connectivity index (χ4v) is 3.51. The Hall–Kier alpha value is -2.16. The third-order valence-electron chi connectivity index (χ3n) is 3.50. The highest BCUT2D eigenvalue weighted by molar-refractivity contribution is 9.10. The van der Waals surface area contributed by atoms with Gasteiger partial charge in [0.2, 0.25) is 11.8 Å². The van der Waals surface area contributed by atoms with Crippen molar-refractivity contribution in [2.75, 3.05) is 5.32 Å². The van der Waals surface area contributed by atoms with Crippen LogP contribution in [0.15, 0.2) is 63.2 Å². The van der Waals surface area contributed by atoms with Crippen LogP contribution in [0.4, 0.5) is 5.69 Å². The van der Waals surface area contributed by atoms with Crippen molar-refractivity contribution in [1.29, 1.82) is 0 Å². The van der Waals surface area contributed by atoms with Gasteiger partial charge in [0, 0.05) is 21.6 Å². The Bertz CT molecular complexity index is 901. The van der Waals surface area contributed by atoms with Crippen molar-refractivity contribution in [3.05, 3.63) is 63.6 Å². The van der Waals surface area contributed by atoms with E-state index in [1.807, 2.05) is 24.3 Å². The Balaban J connectivity index is 1.54. The third kappa shape index (κ3) is 5.92. The van der Waals surface area contributed by atoms with Crippen molar-refractivity contribution in [3.63, 3.8) is 0 Å². The average Bonchev–Trinajstić information content (AvgIpc) is 2.98. The first-order chi connectivity index (χ1) is 13.0. The predicted octanol–water partition coefficient (Wildman–Crippen LogP) is 4.05. The number of amidine groups is 1. The van der Waals surface area contributed by atoms with E-state index in [9.17, 15) is 9.59 Å². The second-order valence-electron chi connectivity index (χ2n) is 5.56. The summed E-state index contributed by atoms with van der Waals surface area (Å²) in [5.74, 6) is -0.498. The summed E-state index contributed by atoms with van der Waals surface area (Å²) in [6.45, 7) is 0. The standard InChI is InChI=1S/C18H14BrClN4O2S/c19-12-3-7-14(8-4-12)22-16(25)9-15-17(26)23-18(27-15)24-21-10-11-1-5-13(20)6-2-11/h1-8,10,15H,9H2,(H,22,25)(H,23,24,26)/b21-10-/t15-/m1/s1. The van der Waals surface area contributed by atoms with Gasteiger partial charge < -0.3 is 10.6 Å². The molecule has 1 aliphatic rings. The van der Waals surface area contributed by atoms with Crippen molar-refractivity contribution in [1.82, 2.24) is 5.32 Å². The Morgan fingerprint density at radius 3 is 2.63 bits per heavy atom. The van der Waals surface area contributed by atoms with Gasteiger partial charge in [-0.15, -0.1) is 5.10 Å². The second kappa shape index (κ2) is 9.16. The predicted molar refractivity (Wildman–Crippen MR) is 113 cm³/mol. The van der Waals surface area contributed by atoms with Crippen LogP contribution >= 0.6 is 39.3 Å². The van der Waals surface area contributed by atoms with Crippen molar-refractivity contribution < 1.29 is 9.59 Å². The molecule has 0 aliphatic carbocycles. The lowest BCUT2D eigenvalue weighted by molar-refractivity contribution is -0.122. The van der Waals surface area contributed by atoms with Crippen LogP contribution in [0, 0.1) is 0 Å². The summed E-state index contributed by atoms with van der Waals surface area (Å²) in [6, 6.07) is 14.3. The summed E-state index contributed by atoms with van der Waals surface area (Å²) in [5, 5.41) is 13.8. The molecule has 2 aromatic rings. The summed E-state index contributed by atoms with van der Waals surface area (Å²) < 4.78 is 0.922. The number of carbonyl (C=O) groups excluding carboxylic acids is 2. The fraction of sp³-hybridized carbons (Fsp3) is 0.111. The molecule has 2 N–H and O–H groups in total. The minimum Gasteiger partial charge on any atom is -0.326 e. The largest absolute Gasteiger partial charge is 0.326 e. The number of amides is 2. The van der Waals surface area contributed by atoms with Crippen LogP contribution in [0.5, 0.6) is 0 Å². The Labute approximate surface area is 173 Å². The van der Waals surface area contributed by atoms with Crippen LogP contribution in [0.2, 0.25) is 5.02 Å². The highest BCUT2D eigenvalue weighted by atomic mass is 79.9. The number of halogens is 2. The van der Waals surface area contributed by atoms with E-state index in [2.05, 4.69) is 36.8 Å². The van der Waals surface area contributed by atoms with Crippen LogP contribution in [-0.4, -0.2) is 28.4 Å². The Kier molecular flexibility index (Phi) is 6.65. The maximum Gasteiger partial charge on any atom is 0.240 e. The number of nitrogens with zero attached hydrogens (tertiary/aromatic N) is 2. The number of carbonyl (C=O) groups is 2. The van der Waals surface area contributed by atoms with Crippen LogP contribution in [0.1, 0.15) is 12.0 Å².